The highest BCUT2D eigenvalue weighted by Crippen LogP contribution is 2.38. The minimum atomic E-state index is -0.608. The number of benzene rings is 8. The van der Waals surface area contributed by atoms with Gasteiger partial charge in [0.05, 0.1) is 99.3 Å². The Hall–Kier alpha value is -14.4. The van der Waals surface area contributed by atoms with Crippen LogP contribution in [0.1, 0.15) is 295 Å². The number of aliphatic hydroxyl groups excluding tert-OH is 3. The van der Waals surface area contributed by atoms with Crippen molar-refractivity contribution in [2.75, 3.05) is 75.0 Å². The Morgan fingerprint density at radius 1 is 0.395 bits per heavy atom. The Morgan fingerprint density at radius 2 is 0.741 bits per heavy atom. The molecular formula is C113H134ClN19O13S. The molecule has 0 unspecified atom stereocenters. The summed E-state index contributed by atoms with van der Waals surface area (Å²) >= 11 is 7.12. The van der Waals surface area contributed by atoms with E-state index in [0.29, 0.717) is 169 Å². The van der Waals surface area contributed by atoms with E-state index in [1.54, 1.807) is 137 Å². The van der Waals surface area contributed by atoms with E-state index in [-0.39, 0.29) is 113 Å². The van der Waals surface area contributed by atoms with Crippen LogP contribution in [0.15, 0.2) is 197 Å². The molecule has 3 atom stereocenters. The summed E-state index contributed by atoms with van der Waals surface area (Å²) in [6.07, 6.45) is 12.8. The van der Waals surface area contributed by atoms with E-state index in [9.17, 15) is 63.6 Å². The van der Waals surface area contributed by atoms with Crippen LogP contribution in [0.2, 0.25) is 5.02 Å². The molecule has 0 radical (unpaired) electrons. The number of phenols is 1. The Labute approximate surface area is 867 Å². The third-order valence-corrected chi connectivity index (χ3v) is 28.0. The van der Waals surface area contributed by atoms with Crippen LogP contribution in [-0.2, 0) is 56.8 Å². The van der Waals surface area contributed by atoms with E-state index in [0.717, 1.165) is 127 Å². The van der Waals surface area contributed by atoms with Gasteiger partial charge in [0.2, 0.25) is 0 Å². The van der Waals surface area contributed by atoms with E-state index in [2.05, 4.69) is 71.3 Å². The molecule has 147 heavy (non-hydrogen) atoms. The summed E-state index contributed by atoms with van der Waals surface area (Å²) < 4.78 is 15.0. The number of amides is 9. The minimum absolute atomic E-state index is 0.0192. The molecule has 34 heteroatoms. The smallest absolute Gasteiger partial charge is 0.274 e. The Morgan fingerprint density at radius 3 is 1.09 bits per heavy atom. The molecule has 0 saturated heterocycles. The molecule has 16 rings (SSSR count). The molecule has 4 aromatic heterocycles. The number of nitrogens with zero attached hydrogens (tertiary/aromatic N) is 16. The molecule has 8 aromatic carbocycles. The predicted octanol–water partition coefficient (Wildman–Crippen LogP) is 19.5. The summed E-state index contributed by atoms with van der Waals surface area (Å²) in [5.41, 5.74) is 15.6. The molecule has 0 spiro atoms. The number of aryl methyl sites for hydroxylation is 4. The number of aromatic nitrogens is 8. The van der Waals surface area contributed by atoms with Crippen molar-refractivity contribution in [2.24, 2.45) is 8.73 Å². The lowest BCUT2D eigenvalue weighted by Gasteiger charge is -2.36. The van der Waals surface area contributed by atoms with E-state index in [4.69, 9.17) is 26.9 Å². The fourth-order valence-electron chi connectivity index (χ4n) is 18.7. The predicted molar refractivity (Wildman–Crippen MR) is 572 cm³/mol. The van der Waals surface area contributed by atoms with Gasteiger partial charge in [0.1, 0.15) is 22.8 Å². The van der Waals surface area contributed by atoms with Crippen molar-refractivity contribution in [3.05, 3.63) is 300 Å². The van der Waals surface area contributed by atoms with Gasteiger partial charge in [-0.3, -0.25) is 47.8 Å². The van der Waals surface area contributed by atoms with Crippen LogP contribution in [0, 0.1) is 20.8 Å². The number of aliphatic hydroxyl groups is 3. The first-order chi connectivity index (χ1) is 71.1. The summed E-state index contributed by atoms with van der Waals surface area (Å²) in [6.45, 7) is 28.9. The van der Waals surface area contributed by atoms with Crippen LogP contribution in [-0.4, -0.2) is 219 Å². The second-order valence-electron chi connectivity index (χ2n) is 38.1. The van der Waals surface area contributed by atoms with Crippen LogP contribution < -0.4 is 16.0 Å². The highest BCUT2D eigenvalue weighted by molar-refractivity contribution is 7.58. The summed E-state index contributed by atoms with van der Waals surface area (Å²) in [4.78, 5) is 135. The van der Waals surface area contributed by atoms with Crippen molar-refractivity contribution >= 4 is 105 Å². The molecule has 0 bridgehead atoms. The lowest BCUT2D eigenvalue weighted by Crippen LogP contribution is -2.46. The first kappa shape index (κ1) is 108. The van der Waals surface area contributed by atoms with Crippen LogP contribution in [0.3, 0.4) is 0 Å². The summed E-state index contributed by atoms with van der Waals surface area (Å²) in [5.74, 6) is -2.91. The van der Waals surface area contributed by atoms with Gasteiger partial charge in [-0.25, -0.2) is 14.0 Å². The van der Waals surface area contributed by atoms with Crippen LogP contribution >= 0.6 is 11.6 Å². The number of phenolic OH excluding ortho intramolecular Hbond substituents is 1. The minimum Gasteiger partial charge on any atom is -0.506 e. The molecule has 772 valence electrons. The second-order valence-corrected chi connectivity index (χ2v) is 39.0. The summed E-state index contributed by atoms with van der Waals surface area (Å²) in [7, 11) is 0. The standard InChI is InChI=1S/C39H51N7O4.C37H42ClN5O5.C37H41N7O4S/c1-7-10-18-43(19-11-8-2)39(50)34-20-27(6)46(42-34)35-17-16-30(40-37(48)36-23-33(26(4)5)41-45(36)9-3)22-32(35)38(49)44-24-29-15-13-12-14-28(29)21-31(44)25-47;1-4-6-17-41(18-7-5-2)37(48)32-19-24(3)43(40-32)33-16-15-27(39-35(46)29-13-10-14-31(38)34(29)45)21-30(33)36(47)42-22-26-12-9-8-11-25(26)20-28(42)23-44;1-4-6-16-42(17-7-5-2)37(48)33-18-24(3)44(39-33)34-15-13-28(38-35(46)26-12-14-31-32(20-26)41-49-40-31)21-30(34)36(47)43-22-27-11-9-8-10-25(27)19-29(43)23-45/h12-17,20,22-23,26,31,47H,7-11,18-19,21,24-25H2,1-6H3,(H,40,48);8-16,19,21,28,44-45H,4-7,17-18,20,22-23H2,1-3H3,(H,39,46);8-15,18,20-21,29,45H,4-7,16-17,19,22-23H2,1-3H3,(H,38,46)/t31-;28-;29-/m000/s1. The maximum Gasteiger partial charge on any atom is 0.274 e. The van der Waals surface area contributed by atoms with Crippen molar-refractivity contribution in [1.29, 1.82) is 0 Å². The number of carbonyl (C=O) groups is 9. The highest BCUT2D eigenvalue weighted by atomic mass is 35.5. The van der Waals surface area contributed by atoms with Gasteiger partial charge in [0, 0.05) is 105 Å². The number of halogens is 1. The largest absolute Gasteiger partial charge is 0.506 e. The van der Waals surface area contributed by atoms with E-state index >= 15 is 0 Å². The van der Waals surface area contributed by atoms with Crippen molar-refractivity contribution in [3.63, 3.8) is 0 Å². The van der Waals surface area contributed by atoms with Gasteiger partial charge in [0.25, 0.3) is 53.2 Å². The molecule has 0 aliphatic carbocycles. The Bertz CT molecular complexity index is 6850. The molecule has 4 aliphatic rings. The molecule has 8 heterocycles. The molecule has 32 nitrogen and oxygen atoms in total. The molecule has 12 aromatic rings. The first-order valence-corrected chi connectivity index (χ1v) is 52.4. The van der Waals surface area contributed by atoms with E-state index in [1.165, 1.54) is 12.1 Å². The van der Waals surface area contributed by atoms with Gasteiger partial charge in [-0.15, -0.1) is 0 Å². The van der Waals surface area contributed by atoms with Gasteiger partial charge < -0.3 is 65.8 Å². The third-order valence-electron chi connectivity index (χ3n) is 27.2. The summed E-state index contributed by atoms with van der Waals surface area (Å²) in [6, 6.07) is 54.2. The third kappa shape index (κ3) is 25.5. The van der Waals surface area contributed by atoms with Gasteiger partial charge in [0.15, 0.2) is 17.1 Å². The van der Waals surface area contributed by atoms with Crippen LogP contribution in [0.25, 0.3) is 17.1 Å². The summed E-state index contributed by atoms with van der Waals surface area (Å²) in [5, 5.41) is 69.1. The number of hydrogen-bond donors (Lipinski definition) is 7. The van der Waals surface area contributed by atoms with Crippen LogP contribution in [0.4, 0.5) is 28.4 Å². The number of unbranched alkanes of at least 4 members (excludes halogenated alkanes) is 6. The number of carbonyl (C=O) groups excluding carboxylic acids is 9. The number of rotatable bonds is 38. The van der Waals surface area contributed by atoms with E-state index in [1.807, 2.05) is 129 Å². The van der Waals surface area contributed by atoms with Gasteiger partial charge in [-0.2, -0.15) is 29.1 Å². The fraction of sp³-hybridized carbons (Fsp3) is 0.389. The lowest BCUT2D eigenvalue weighted by atomic mass is 9.93. The Balaban J connectivity index is 0.000000174. The number of para-hydroxylation sites is 1. The normalized spacial score (nSPS) is 14.3. The SMILES string of the molecule is CCCCN(CCCC)C(=O)c1cc(C)n(-c2ccc(NC(=O)c3cc(C(C)C)nn3CC)cc2C(=O)N2Cc3ccccc3C[C@H]2CO)n1.CCCCN(CCCC)C(=O)c1cc(C)n(-c2ccc(NC(=O)c3ccc4c(c3)N=S=N4)cc2C(=O)N2Cc3ccccc3C[C@H]2CO)n1.CCCCN(CCCC)C(=O)c1cc(C)n(-c2ccc(NC(=O)c3cccc(Cl)c3O)cc2C(=O)N2Cc3ccccc3C[C@H]2CO)n1. The zero-order valence-electron chi connectivity index (χ0n) is 85.9. The topological polar surface area (TPSA) is 386 Å². The molecule has 0 saturated carbocycles. The molecule has 9 amide bonds. The van der Waals surface area contributed by atoms with Crippen molar-refractivity contribution in [1.82, 2.24) is 68.5 Å². The number of aromatic hydroxyl groups is 1. The average molecular weight is 2030 g/mol. The zero-order valence-corrected chi connectivity index (χ0v) is 87.5. The quantitative estimate of drug-likeness (QED) is 0.0189. The monoisotopic (exact) mass is 2030 g/mol. The van der Waals surface area contributed by atoms with Crippen LogP contribution in [0.5, 0.6) is 5.75 Å². The Kier molecular flexibility index (Phi) is 37.3. The first-order valence-electron chi connectivity index (χ1n) is 51.3. The number of nitrogens with one attached hydrogen (secondary N) is 3. The molecule has 7 N–H and O–H groups in total. The average Bonchev–Trinajstić information content (AvgIpc) is 1.68. The maximum atomic E-state index is 14.6. The number of fused-ring (bicyclic) bond motifs is 4. The van der Waals surface area contributed by atoms with Crippen molar-refractivity contribution in [2.45, 2.75) is 230 Å². The van der Waals surface area contributed by atoms with Gasteiger partial charge in [-0.05, 0) is 234 Å². The maximum absolute atomic E-state index is 14.6. The van der Waals surface area contributed by atoms with Crippen molar-refractivity contribution in [3.8, 4) is 22.8 Å². The fourth-order valence-corrected chi connectivity index (χ4v) is 19.4. The number of anilines is 3. The molecule has 0 fully saturated rings. The molecular weight excluding hydrogens is 1900 g/mol. The van der Waals surface area contributed by atoms with Gasteiger partial charge in [-0.1, -0.05) is 184 Å². The van der Waals surface area contributed by atoms with Crippen molar-refractivity contribution < 1.29 is 63.6 Å². The van der Waals surface area contributed by atoms with Gasteiger partial charge >= 0.3 is 0 Å². The lowest BCUT2D eigenvalue weighted by molar-refractivity contribution is 0.0539. The van der Waals surface area contributed by atoms with E-state index < -0.39 is 24.0 Å². The highest BCUT2D eigenvalue weighted by Gasteiger charge is 2.38. The number of hydrogen-bond acceptors (Lipinski definition) is 19. The molecule has 4 aliphatic heterocycles. The second kappa shape index (κ2) is 50.6. The zero-order chi connectivity index (χ0) is 105.